The molecule has 0 bridgehead atoms. The molecule has 0 saturated carbocycles. The zero-order valence-corrected chi connectivity index (χ0v) is 16.3. The normalized spacial score (nSPS) is 16.9. The highest BCUT2D eigenvalue weighted by atomic mass is 32.2. The van der Waals surface area contributed by atoms with Crippen LogP contribution in [0.25, 0.3) is 10.8 Å². The monoisotopic (exact) mass is 399 g/mol. The Morgan fingerprint density at radius 3 is 2.61 bits per heavy atom. The SMILES string of the molecule is O=S(=O)(c1cccc2cnccc12)N1CCCN(Cc2ccc(F)cc2)CC1. The lowest BCUT2D eigenvalue weighted by atomic mass is 10.2. The maximum absolute atomic E-state index is 13.3. The Balaban J connectivity index is 1.52. The number of hydrogen-bond acceptors (Lipinski definition) is 4. The summed E-state index contributed by atoms with van der Waals surface area (Å²) in [5.41, 5.74) is 1.03. The summed E-state index contributed by atoms with van der Waals surface area (Å²) in [6.45, 7) is 3.06. The number of benzene rings is 2. The van der Waals surface area contributed by atoms with Crippen LogP contribution in [0, 0.1) is 5.82 Å². The third-order valence-corrected chi connectivity index (χ3v) is 7.08. The molecule has 0 unspecified atom stereocenters. The Morgan fingerprint density at radius 1 is 0.964 bits per heavy atom. The fourth-order valence-corrected chi connectivity index (χ4v) is 5.33. The van der Waals surface area contributed by atoms with Crippen molar-refractivity contribution in [3.63, 3.8) is 0 Å². The topological polar surface area (TPSA) is 53.5 Å². The molecule has 28 heavy (non-hydrogen) atoms. The molecule has 0 aliphatic carbocycles. The first-order valence-corrected chi connectivity index (χ1v) is 10.8. The van der Waals surface area contributed by atoms with E-state index < -0.39 is 10.0 Å². The molecule has 1 fully saturated rings. The average Bonchev–Trinajstić information content (AvgIpc) is 2.95. The van der Waals surface area contributed by atoms with Crippen LogP contribution in [-0.2, 0) is 16.6 Å². The fraction of sp³-hybridized carbons (Fsp3) is 0.286. The maximum atomic E-state index is 13.3. The molecule has 1 aliphatic heterocycles. The summed E-state index contributed by atoms with van der Waals surface area (Å²) in [5.74, 6) is -0.248. The number of fused-ring (bicyclic) bond motifs is 1. The smallest absolute Gasteiger partial charge is 0.243 e. The zero-order valence-electron chi connectivity index (χ0n) is 15.5. The minimum absolute atomic E-state index is 0.248. The molecule has 5 nitrogen and oxygen atoms in total. The van der Waals surface area contributed by atoms with E-state index in [1.807, 2.05) is 6.07 Å². The summed E-state index contributed by atoms with van der Waals surface area (Å²) in [6.07, 6.45) is 4.06. The molecule has 146 valence electrons. The molecular formula is C21H22FN3O2S. The van der Waals surface area contributed by atoms with Crippen LogP contribution in [-0.4, -0.2) is 48.8 Å². The minimum Gasteiger partial charge on any atom is -0.298 e. The second kappa shape index (κ2) is 7.95. The van der Waals surface area contributed by atoms with Gasteiger partial charge in [-0.1, -0.05) is 24.3 Å². The molecular weight excluding hydrogens is 377 g/mol. The van der Waals surface area contributed by atoms with Crippen molar-refractivity contribution in [3.05, 3.63) is 72.3 Å². The molecule has 0 spiro atoms. The number of nitrogens with zero attached hydrogens (tertiary/aromatic N) is 3. The van der Waals surface area contributed by atoms with E-state index in [4.69, 9.17) is 0 Å². The van der Waals surface area contributed by atoms with Crippen molar-refractivity contribution < 1.29 is 12.8 Å². The third-order valence-electron chi connectivity index (χ3n) is 5.13. The van der Waals surface area contributed by atoms with Crippen molar-refractivity contribution in [3.8, 4) is 0 Å². The van der Waals surface area contributed by atoms with Gasteiger partial charge in [0.05, 0.1) is 4.90 Å². The first-order valence-electron chi connectivity index (χ1n) is 9.34. The highest BCUT2D eigenvalue weighted by Gasteiger charge is 2.28. The molecule has 2 heterocycles. The van der Waals surface area contributed by atoms with E-state index in [1.54, 1.807) is 47.0 Å². The highest BCUT2D eigenvalue weighted by Crippen LogP contribution is 2.26. The predicted octanol–water partition coefficient (Wildman–Crippen LogP) is 3.27. The van der Waals surface area contributed by atoms with Gasteiger partial charge in [0.2, 0.25) is 10.0 Å². The van der Waals surface area contributed by atoms with Crippen molar-refractivity contribution in [2.45, 2.75) is 17.9 Å². The van der Waals surface area contributed by atoms with E-state index in [-0.39, 0.29) is 5.82 Å². The minimum atomic E-state index is -3.58. The Labute approximate surface area is 164 Å². The molecule has 0 N–H and O–H groups in total. The Morgan fingerprint density at radius 2 is 1.79 bits per heavy atom. The second-order valence-corrected chi connectivity index (χ2v) is 8.92. The standard InChI is InChI=1S/C21H22FN3O2S/c22-19-7-5-17(6-8-19)16-24-11-2-12-25(14-13-24)28(26,27)21-4-1-3-18-15-23-10-9-20(18)21/h1,3-10,15H,2,11-14,16H2. The Kier molecular flexibility index (Phi) is 5.39. The van der Waals surface area contributed by atoms with Gasteiger partial charge in [-0.15, -0.1) is 0 Å². The van der Waals surface area contributed by atoms with Crippen molar-refractivity contribution in [2.75, 3.05) is 26.2 Å². The fourth-order valence-electron chi connectivity index (χ4n) is 3.65. The molecule has 1 aliphatic rings. The maximum Gasteiger partial charge on any atom is 0.243 e. The van der Waals surface area contributed by atoms with Crippen LogP contribution in [0.5, 0.6) is 0 Å². The van der Waals surface area contributed by atoms with Crippen LogP contribution in [0.4, 0.5) is 4.39 Å². The number of aromatic nitrogens is 1. The van der Waals surface area contributed by atoms with E-state index in [1.165, 1.54) is 12.1 Å². The molecule has 0 amide bonds. The van der Waals surface area contributed by atoms with E-state index in [9.17, 15) is 12.8 Å². The Hall–Kier alpha value is -2.35. The van der Waals surface area contributed by atoms with Crippen LogP contribution in [0.1, 0.15) is 12.0 Å². The van der Waals surface area contributed by atoms with Crippen LogP contribution >= 0.6 is 0 Å². The van der Waals surface area contributed by atoms with Gasteiger partial charge in [0.25, 0.3) is 0 Å². The van der Waals surface area contributed by atoms with Gasteiger partial charge in [-0.3, -0.25) is 9.88 Å². The average molecular weight is 399 g/mol. The van der Waals surface area contributed by atoms with Gasteiger partial charge in [-0.2, -0.15) is 4.31 Å². The lowest BCUT2D eigenvalue weighted by molar-refractivity contribution is 0.278. The first kappa shape index (κ1) is 19.0. The number of sulfonamides is 1. The summed E-state index contributed by atoms with van der Waals surface area (Å²) in [7, 11) is -3.58. The summed E-state index contributed by atoms with van der Waals surface area (Å²) in [4.78, 5) is 6.63. The quantitative estimate of drug-likeness (QED) is 0.676. The van der Waals surface area contributed by atoms with Gasteiger partial charge in [0, 0.05) is 49.3 Å². The zero-order chi connectivity index (χ0) is 19.6. The number of pyridine rings is 1. The molecule has 1 saturated heterocycles. The van der Waals surface area contributed by atoms with E-state index in [0.29, 0.717) is 36.5 Å². The van der Waals surface area contributed by atoms with Gasteiger partial charge in [-0.25, -0.2) is 12.8 Å². The van der Waals surface area contributed by atoms with Crippen molar-refractivity contribution in [1.29, 1.82) is 0 Å². The first-order chi connectivity index (χ1) is 13.5. The predicted molar refractivity (Wildman–Crippen MR) is 107 cm³/mol. The molecule has 0 radical (unpaired) electrons. The largest absolute Gasteiger partial charge is 0.298 e. The highest BCUT2D eigenvalue weighted by molar-refractivity contribution is 7.89. The Bertz CT molecular complexity index is 1070. The van der Waals surface area contributed by atoms with E-state index in [0.717, 1.165) is 23.9 Å². The number of rotatable bonds is 4. The van der Waals surface area contributed by atoms with Crippen molar-refractivity contribution >= 4 is 20.8 Å². The van der Waals surface area contributed by atoms with E-state index in [2.05, 4.69) is 9.88 Å². The van der Waals surface area contributed by atoms with Gasteiger partial charge in [0.15, 0.2) is 0 Å². The van der Waals surface area contributed by atoms with Gasteiger partial charge in [0.1, 0.15) is 5.82 Å². The molecule has 2 aromatic carbocycles. The van der Waals surface area contributed by atoms with E-state index >= 15 is 0 Å². The molecule has 0 atom stereocenters. The van der Waals surface area contributed by atoms with Crippen LogP contribution in [0.15, 0.2) is 65.8 Å². The summed E-state index contributed by atoms with van der Waals surface area (Å²) >= 11 is 0. The van der Waals surface area contributed by atoms with Gasteiger partial charge >= 0.3 is 0 Å². The molecule has 1 aromatic heterocycles. The van der Waals surface area contributed by atoms with Crippen molar-refractivity contribution in [1.82, 2.24) is 14.2 Å². The van der Waals surface area contributed by atoms with Crippen LogP contribution in [0.2, 0.25) is 0 Å². The van der Waals surface area contributed by atoms with Crippen molar-refractivity contribution in [2.24, 2.45) is 0 Å². The lowest BCUT2D eigenvalue weighted by Gasteiger charge is -2.22. The van der Waals surface area contributed by atoms with Crippen LogP contribution in [0.3, 0.4) is 0 Å². The second-order valence-electron chi connectivity index (χ2n) is 7.01. The molecule has 7 heteroatoms. The molecule has 4 rings (SSSR count). The summed E-state index contributed by atoms with van der Waals surface area (Å²) in [5, 5.41) is 1.52. The third kappa shape index (κ3) is 3.92. The van der Waals surface area contributed by atoms with Gasteiger partial charge in [-0.05, 0) is 42.8 Å². The van der Waals surface area contributed by atoms with Gasteiger partial charge < -0.3 is 0 Å². The molecule has 3 aromatic rings. The number of hydrogen-bond donors (Lipinski definition) is 0. The summed E-state index contributed by atoms with van der Waals surface area (Å²) in [6, 6.07) is 13.5. The lowest BCUT2D eigenvalue weighted by Crippen LogP contribution is -2.35. The van der Waals surface area contributed by atoms with Crippen LogP contribution < -0.4 is 0 Å². The summed E-state index contributed by atoms with van der Waals surface area (Å²) < 4.78 is 41.3. The number of halogens is 1.